The molecule has 23 heavy (non-hydrogen) atoms. The number of primary amides is 1. The fourth-order valence-electron chi connectivity index (χ4n) is 3.03. The van der Waals surface area contributed by atoms with Gasteiger partial charge in [-0.1, -0.05) is 0 Å². The van der Waals surface area contributed by atoms with Gasteiger partial charge in [0, 0.05) is 45.7 Å². The van der Waals surface area contributed by atoms with E-state index >= 15 is 0 Å². The summed E-state index contributed by atoms with van der Waals surface area (Å²) in [4.78, 5) is 20.8. The average Bonchev–Trinajstić information content (AvgIpc) is 3.27. The first-order valence-electron chi connectivity index (χ1n) is 7.71. The summed E-state index contributed by atoms with van der Waals surface area (Å²) in [5, 5.41) is 0.802. The van der Waals surface area contributed by atoms with Gasteiger partial charge >= 0.3 is 6.03 Å². The average molecular weight is 325 g/mol. The highest BCUT2D eigenvalue weighted by molar-refractivity contribution is 7.15. The van der Waals surface area contributed by atoms with Gasteiger partial charge in [-0.3, -0.25) is 9.47 Å². The van der Waals surface area contributed by atoms with Crippen LogP contribution < -0.4 is 5.73 Å². The van der Waals surface area contributed by atoms with E-state index < -0.39 is 6.03 Å². The molecule has 1 aliphatic rings. The molecule has 1 aliphatic heterocycles. The molecule has 5 nitrogen and oxygen atoms in total. The number of aromatic nitrogens is 2. The predicted molar refractivity (Wildman–Crippen MR) is 91.4 cm³/mol. The monoisotopic (exact) mass is 325 g/mol. The predicted octanol–water partition coefficient (Wildman–Crippen LogP) is 3.09. The highest BCUT2D eigenvalue weighted by Gasteiger charge is 2.14. The molecule has 3 aromatic heterocycles. The number of nitrogens with zero attached hydrogens (tertiary/aromatic N) is 3. The van der Waals surface area contributed by atoms with E-state index in [0.29, 0.717) is 5.65 Å². The summed E-state index contributed by atoms with van der Waals surface area (Å²) in [5.74, 6) is 0. The van der Waals surface area contributed by atoms with Crippen molar-refractivity contribution >= 4 is 28.4 Å². The van der Waals surface area contributed by atoms with Crippen LogP contribution in [-0.2, 0) is 6.54 Å². The second kappa shape index (κ2) is 5.79. The Morgan fingerprint density at radius 1 is 1.35 bits per heavy atom. The van der Waals surface area contributed by atoms with Gasteiger partial charge in [0.05, 0.1) is 0 Å². The Labute approximate surface area is 138 Å². The molecule has 1 saturated heterocycles. The lowest BCUT2D eigenvalue weighted by molar-refractivity contribution is 0.251. The smallest absolute Gasteiger partial charge is 0.324 e. The van der Waals surface area contributed by atoms with Crippen LogP contribution in [0.25, 0.3) is 21.5 Å². The van der Waals surface area contributed by atoms with E-state index in [-0.39, 0.29) is 0 Å². The molecule has 117 valence electrons. The first-order chi connectivity index (χ1) is 11.2. The van der Waals surface area contributed by atoms with Crippen LogP contribution in [0.4, 0.5) is 4.79 Å². The minimum absolute atomic E-state index is 0.541. The van der Waals surface area contributed by atoms with Crippen LogP contribution in [0.3, 0.4) is 0 Å². The Morgan fingerprint density at radius 3 is 2.96 bits per heavy atom. The molecule has 4 heterocycles. The van der Waals surface area contributed by atoms with Crippen LogP contribution >= 0.6 is 11.3 Å². The number of nitrogens with two attached hydrogens (primary N) is 1. The fraction of sp³-hybridized carbons (Fsp3) is 0.294. The van der Waals surface area contributed by atoms with Crippen molar-refractivity contribution in [2.75, 3.05) is 13.1 Å². The molecular formula is C17H17N4OS. The largest absolute Gasteiger partial charge is 0.351 e. The lowest BCUT2D eigenvalue weighted by Crippen LogP contribution is -2.18. The molecule has 1 amide bonds. The number of thiophene rings is 1. The maximum atomic E-state index is 11.3. The van der Waals surface area contributed by atoms with Gasteiger partial charge in [-0.2, -0.15) is 0 Å². The summed E-state index contributed by atoms with van der Waals surface area (Å²) >= 11 is 1.80. The third-order valence-electron chi connectivity index (χ3n) is 4.21. The molecule has 0 spiro atoms. The second-order valence-corrected chi connectivity index (χ2v) is 6.99. The number of hydrogen-bond donors (Lipinski definition) is 1. The Hall–Kier alpha value is -2.18. The number of hydrogen-bond acceptors (Lipinski definition) is 4. The van der Waals surface area contributed by atoms with Gasteiger partial charge in [0.2, 0.25) is 0 Å². The molecule has 0 unspecified atom stereocenters. The lowest BCUT2D eigenvalue weighted by atomic mass is 10.2. The molecule has 6 heteroatoms. The van der Waals surface area contributed by atoms with Crippen molar-refractivity contribution in [2.24, 2.45) is 5.73 Å². The Kier molecular flexibility index (Phi) is 3.63. The maximum absolute atomic E-state index is 11.3. The number of carbonyl (C=O) groups is 1. The molecule has 0 aromatic carbocycles. The number of amides is 1. The third-order valence-corrected chi connectivity index (χ3v) is 5.32. The van der Waals surface area contributed by atoms with Crippen LogP contribution in [0.15, 0.2) is 30.6 Å². The van der Waals surface area contributed by atoms with Gasteiger partial charge in [0.25, 0.3) is 0 Å². The number of pyridine rings is 1. The zero-order chi connectivity index (χ0) is 15.8. The molecule has 4 rings (SSSR count). The van der Waals surface area contributed by atoms with E-state index in [4.69, 9.17) is 5.73 Å². The van der Waals surface area contributed by atoms with E-state index in [1.54, 1.807) is 17.5 Å². The van der Waals surface area contributed by atoms with Crippen LogP contribution in [0.2, 0.25) is 0 Å². The Balaban J connectivity index is 1.61. The van der Waals surface area contributed by atoms with E-state index in [1.807, 2.05) is 6.07 Å². The van der Waals surface area contributed by atoms with Crippen LogP contribution in [0.1, 0.15) is 17.7 Å². The van der Waals surface area contributed by atoms with Crippen molar-refractivity contribution in [1.82, 2.24) is 14.5 Å². The Morgan fingerprint density at radius 2 is 2.17 bits per heavy atom. The maximum Gasteiger partial charge on any atom is 0.324 e. The lowest BCUT2D eigenvalue weighted by Gasteiger charge is -2.12. The molecule has 1 fully saturated rings. The summed E-state index contributed by atoms with van der Waals surface area (Å²) in [6.45, 7) is 3.44. The SMILES string of the molecule is NC(=O)n1c[c]c2cc(-c3ccc(CN4CCCC4)s3)cnc21. The van der Waals surface area contributed by atoms with Gasteiger partial charge in [0.1, 0.15) is 5.65 Å². The summed E-state index contributed by atoms with van der Waals surface area (Å²) in [7, 11) is 0. The van der Waals surface area contributed by atoms with Gasteiger partial charge in [0.15, 0.2) is 0 Å². The van der Waals surface area contributed by atoms with Crippen molar-refractivity contribution in [1.29, 1.82) is 0 Å². The summed E-state index contributed by atoms with van der Waals surface area (Å²) in [5.41, 5.74) is 6.92. The molecule has 3 aromatic rings. The minimum atomic E-state index is -0.541. The zero-order valence-electron chi connectivity index (χ0n) is 12.7. The minimum Gasteiger partial charge on any atom is -0.351 e. The second-order valence-electron chi connectivity index (χ2n) is 5.83. The molecular weight excluding hydrogens is 308 g/mol. The number of carbonyl (C=O) groups excluding carboxylic acids is 1. The summed E-state index contributed by atoms with van der Waals surface area (Å²) in [6, 6.07) is 8.85. The van der Waals surface area contributed by atoms with Crippen LogP contribution in [-0.4, -0.2) is 33.6 Å². The highest BCUT2D eigenvalue weighted by atomic mass is 32.1. The van der Waals surface area contributed by atoms with Crippen molar-refractivity contribution in [3.63, 3.8) is 0 Å². The highest BCUT2D eigenvalue weighted by Crippen LogP contribution is 2.30. The zero-order valence-corrected chi connectivity index (χ0v) is 13.5. The van der Waals surface area contributed by atoms with E-state index in [0.717, 1.165) is 17.5 Å². The third kappa shape index (κ3) is 2.75. The quantitative estimate of drug-likeness (QED) is 0.805. The van der Waals surface area contributed by atoms with Crippen molar-refractivity contribution in [3.05, 3.63) is 41.5 Å². The van der Waals surface area contributed by atoms with E-state index in [2.05, 4.69) is 28.1 Å². The molecule has 0 atom stereocenters. The van der Waals surface area contributed by atoms with E-state index in [9.17, 15) is 4.79 Å². The van der Waals surface area contributed by atoms with Crippen molar-refractivity contribution < 1.29 is 4.79 Å². The summed E-state index contributed by atoms with van der Waals surface area (Å²) < 4.78 is 1.31. The molecule has 0 aliphatic carbocycles. The summed E-state index contributed by atoms with van der Waals surface area (Å²) in [6.07, 6.45) is 5.95. The van der Waals surface area contributed by atoms with Gasteiger partial charge in [-0.05, 0) is 44.1 Å². The molecule has 0 saturated carbocycles. The first-order valence-corrected chi connectivity index (χ1v) is 8.52. The normalized spacial score (nSPS) is 15.5. The molecule has 0 bridgehead atoms. The molecule has 1 radical (unpaired) electrons. The van der Waals surface area contributed by atoms with Crippen LogP contribution in [0, 0.1) is 6.07 Å². The van der Waals surface area contributed by atoms with Crippen molar-refractivity contribution in [3.8, 4) is 10.4 Å². The van der Waals surface area contributed by atoms with E-state index in [1.165, 1.54) is 46.4 Å². The van der Waals surface area contributed by atoms with Crippen molar-refractivity contribution in [2.45, 2.75) is 19.4 Å². The number of fused-ring (bicyclic) bond motifs is 1. The number of rotatable bonds is 3. The van der Waals surface area contributed by atoms with Gasteiger partial charge in [-0.15, -0.1) is 11.3 Å². The number of likely N-dealkylation sites (tertiary alicyclic amines) is 1. The topological polar surface area (TPSA) is 64.2 Å². The fourth-order valence-corrected chi connectivity index (χ4v) is 4.06. The van der Waals surface area contributed by atoms with Gasteiger partial charge < -0.3 is 5.73 Å². The first kappa shape index (κ1) is 14.4. The molecule has 2 N–H and O–H groups in total. The Bertz CT molecular complexity index is 860. The van der Waals surface area contributed by atoms with Gasteiger partial charge in [-0.25, -0.2) is 9.78 Å². The standard InChI is InChI=1S/C17H17N4OS/c18-17(22)21-8-5-12-9-13(10-19-16(12)21)15-4-3-14(23-15)11-20-6-1-2-7-20/h3-4,8-10H,1-2,6-7,11H2,(H2,18,22). The van der Waals surface area contributed by atoms with Crippen LogP contribution in [0.5, 0.6) is 0 Å².